The first-order chi connectivity index (χ1) is 7.18. The molecule has 1 aromatic heterocycles. The minimum Gasteiger partial charge on any atom is -0.322 e. The Morgan fingerprint density at radius 3 is 2.67 bits per heavy atom. The van der Waals surface area contributed by atoms with Gasteiger partial charge in [0.05, 0.1) is 0 Å². The second-order valence-corrected chi connectivity index (χ2v) is 3.55. The fourth-order valence-corrected chi connectivity index (χ4v) is 1.45. The summed E-state index contributed by atoms with van der Waals surface area (Å²) in [5.41, 5.74) is 3.64. The average Bonchev–Trinajstić information content (AvgIpc) is 2.48. The maximum absolute atomic E-state index is 11.4. The summed E-state index contributed by atoms with van der Waals surface area (Å²) in [5.74, 6) is -0.0114. The fraction of sp³-hybridized carbons (Fsp3) is 0.167. The number of amides is 1. The van der Waals surface area contributed by atoms with Crippen LogP contribution in [0, 0.1) is 0 Å². The first kappa shape index (κ1) is 9.65. The van der Waals surface area contributed by atoms with Gasteiger partial charge >= 0.3 is 0 Å². The molecule has 0 aromatic carbocycles. The quantitative estimate of drug-likeness (QED) is 0.752. The van der Waals surface area contributed by atoms with E-state index in [2.05, 4.69) is 10.3 Å². The lowest BCUT2D eigenvalue weighted by atomic mass is 10.1. The van der Waals surface area contributed by atoms with Crippen LogP contribution in [-0.2, 0) is 4.79 Å². The molecule has 0 fully saturated rings. The standard InChI is InChI=1S/C12H12N2O/c1-8-9(2)12(15)14-11(8)6-10-4-3-5-13-7-10/h3-7H,1-2H3,(H,14,15)/b11-6-. The van der Waals surface area contributed by atoms with E-state index in [1.54, 1.807) is 12.4 Å². The van der Waals surface area contributed by atoms with Crippen molar-refractivity contribution in [1.82, 2.24) is 10.3 Å². The Morgan fingerprint density at radius 2 is 2.13 bits per heavy atom. The summed E-state index contributed by atoms with van der Waals surface area (Å²) in [5, 5.41) is 2.82. The van der Waals surface area contributed by atoms with E-state index in [-0.39, 0.29) is 5.91 Å². The van der Waals surface area contributed by atoms with Crippen LogP contribution in [0.1, 0.15) is 19.4 Å². The van der Waals surface area contributed by atoms with E-state index in [1.165, 1.54) is 0 Å². The maximum atomic E-state index is 11.4. The predicted octanol–water partition coefficient (Wildman–Crippen LogP) is 1.89. The van der Waals surface area contributed by atoms with Gasteiger partial charge in [-0.2, -0.15) is 0 Å². The number of hydrogen-bond donors (Lipinski definition) is 1. The first-order valence-electron chi connectivity index (χ1n) is 4.79. The van der Waals surface area contributed by atoms with Crippen LogP contribution in [0.15, 0.2) is 41.4 Å². The zero-order valence-corrected chi connectivity index (χ0v) is 8.74. The number of carbonyl (C=O) groups is 1. The highest BCUT2D eigenvalue weighted by atomic mass is 16.1. The molecule has 0 atom stereocenters. The summed E-state index contributed by atoms with van der Waals surface area (Å²) in [6.07, 6.45) is 5.42. The molecule has 0 unspecified atom stereocenters. The van der Waals surface area contributed by atoms with E-state index in [9.17, 15) is 4.79 Å². The molecule has 0 saturated heterocycles. The van der Waals surface area contributed by atoms with Crippen molar-refractivity contribution in [1.29, 1.82) is 0 Å². The van der Waals surface area contributed by atoms with Gasteiger partial charge in [0.1, 0.15) is 0 Å². The number of aromatic nitrogens is 1. The summed E-state index contributed by atoms with van der Waals surface area (Å²) in [6, 6.07) is 3.82. The van der Waals surface area contributed by atoms with Gasteiger partial charge in [-0.15, -0.1) is 0 Å². The number of pyridine rings is 1. The van der Waals surface area contributed by atoms with E-state index in [4.69, 9.17) is 0 Å². The average molecular weight is 200 g/mol. The lowest BCUT2D eigenvalue weighted by Crippen LogP contribution is -2.15. The first-order valence-corrected chi connectivity index (χ1v) is 4.79. The summed E-state index contributed by atoms with van der Waals surface area (Å²) >= 11 is 0. The molecule has 1 aliphatic rings. The second-order valence-electron chi connectivity index (χ2n) is 3.55. The van der Waals surface area contributed by atoms with Crippen molar-refractivity contribution in [2.75, 3.05) is 0 Å². The zero-order chi connectivity index (χ0) is 10.8. The summed E-state index contributed by atoms with van der Waals surface area (Å²) in [7, 11) is 0. The molecule has 3 heteroatoms. The third kappa shape index (κ3) is 1.81. The van der Waals surface area contributed by atoms with E-state index in [1.807, 2.05) is 32.1 Å². The number of nitrogens with one attached hydrogen (secondary N) is 1. The Hall–Kier alpha value is -1.90. The van der Waals surface area contributed by atoms with Gasteiger partial charge in [0, 0.05) is 23.7 Å². The highest BCUT2D eigenvalue weighted by Gasteiger charge is 2.19. The SMILES string of the molecule is CC1=C(C)/C(=C/c2cccnc2)NC1=O. The number of nitrogens with zero attached hydrogens (tertiary/aromatic N) is 1. The second kappa shape index (κ2) is 3.69. The Balaban J connectivity index is 2.35. The Labute approximate surface area is 88.5 Å². The van der Waals surface area contributed by atoms with Gasteiger partial charge < -0.3 is 5.32 Å². The van der Waals surface area contributed by atoms with Crippen LogP contribution in [0.25, 0.3) is 6.08 Å². The fourth-order valence-electron chi connectivity index (χ4n) is 1.45. The lowest BCUT2D eigenvalue weighted by molar-refractivity contribution is -0.116. The third-order valence-electron chi connectivity index (χ3n) is 2.55. The molecule has 0 spiro atoms. The van der Waals surface area contributed by atoms with Crippen LogP contribution in [0.5, 0.6) is 0 Å². The van der Waals surface area contributed by atoms with Crippen LogP contribution in [0.4, 0.5) is 0 Å². The van der Waals surface area contributed by atoms with E-state index in [0.29, 0.717) is 0 Å². The van der Waals surface area contributed by atoms with Crippen molar-refractivity contribution in [3.8, 4) is 0 Å². The lowest BCUT2D eigenvalue weighted by Gasteiger charge is -1.99. The van der Waals surface area contributed by atoms with Gasteiger partial charge in [0.25, 0.3) is 5.91 Å². The van der Waals surface area contributed by atoms with Crippen molar-refractivity contribution in [2.45, 2.75) is 13.8 Å². The van der Waals surface area contributed by atoms with E-state index < -0.39 is 0 Å². The van der Waals surface area contributed by atoms with Crippen molar-refractivity contribution < 1.29 is 4.79 Å². The molecule has 3 nitrogen and oxygen atoms in total. The molecule has 0 radical (unpaired) electrons. The van der Waals surface area contributed by atoms with Gasteiger partial charge in [0.15, 0.2) is 0 Å². The molecule has 1 amide bonds. The predicted molar refractivity (Wildman–Crippen MR) is 58.7 cm³/mol. The summed E-state index contributed by atoms with van der Waals surface area (Å²) in [4.78, 5) is 15.4. The largest absolute Gasteiger partial charge is 0.322 e. The van der Waals surface area contributed by atoms with Crippen molar-refractivity contribution in [2.24, 2.45) is 0 Å². The Kier molecular flexibility index (Phi) is 2.37. The Bertz CT molecular complexity index is 458. The minimum absolute atomic E-state index is 0.0114. The summed E-state index contributed by atoms with van der Waals surface area (Å²) in [6.45, 7) is 3.77. The van der Waals surface area contributed by atoms with E-state index in [0.717, 1.165) is 22.4 Å². The smallest absolute Gasteiger partial charge is 0.251 e. The minimum atomic E-state index is -0.0114. The maximum Gasteiger partial charge on any atom is 0.251 e. The Morgan fingerprint density at radius 1 is 1.33 bits per heavy atom. The molecule has 76 valence electrons. The van der Waals surface area contributed by atoms with Gasteiger partial charge in [-0.1, -0.05) is 6.07 Å². The van der Waals surface area contributed by atoms with Crippen molar-refractivity contribution >= 4 is 12.0 Å². The highest BCUT2D eigenvalue weighted by molar-refractivity contribution is 6.00. The molecular formula is C12H12N2O. The molecule has 0 aliphatic carbocycles. The molecule has 15 heavy (non-hydrogen) atoms. The number of allylic oxidation sites excluding steroid dienone is 1. The zero-order valence-electron chi connectivity index (χ0n) is 8.74. The van der Waals surface area contributed by atoms with Gasteiger partial charge in [0.2, 0.25) is 0 Å². The molecule has 2 rings (SSSR count). The molecule has 2 heterocycles. The molecular weight excluding hydrogens is 188 g/mol. The van der Waals surface area contributed by atoms with Crippen LogP contribution in [0.3, 0.4) is 0 Å². The van der Waals surface area contributed by atoms with Crippen LogP contribution in [0.2, 0.25) is 0 Å². The topological polar surface area (TPSA) is 42.0 Å². The number of hydrogen-bond acceptors (Lipinski definition) is 2. The van der Waals surface area contributed by atoms with Crippen molar-refractivity contribution in [3.05, 3.63) is 46.9 Å². The molecule has 1 N–H and O–H groups in total. The normalized spacial score (nSPS) is 18.5. The van der Waals surface area contributed by atoms with Gasteiger partial charge in [-0.25, -0.2) is 0 Å². The number of rotatable bonds is 1. The highest BCUT2D eigenvalue weighted by Crippen LogP contribution is 2.21. The molecule has 0 bridgehead atoms. The van der Waals surface area contributed by atoms with Crippen LogP contribution < -0.4 is 5.32 Å². The molecule has 0 saturated carbocycles. The van der Waals surface area contributed by atoms with Crippen molar-refractivity contribution in [3.63, 3.8) is 0 Å². The van der Waals surface area contributed by atoms with Crippen LogP contribution >= 0.6 is 0 Å². The number of carbonyl (C=O) groups excluding carboxylic acids is 1. The third-order valence-corrected chi connectivity index (χ3v) is 2.55. The van der Waals surface area contributed by atoms with Crippen LogP contribution in [-0.4, -0.2) is 10.9 Å². The van der Waals surface area contributed by atoms with E-state index >= 15 is 0 Å². The van der Waals surface area contributed by atoms with Gasteiger partial charge in [-0.05, 0) is 37.1 Å². The summed E-state index contributed by atoms with van der Waals surface area (Å²) < 4.78 is 0. The molecule has 1 aromatic rings. The molecule has 1 aliphatic heterocycles. The van der Waals surface area contributed by atoms with Gasteiger partial charge in [-0.3, -0.25) is 9.78 Å². The monoisotopic (exact) mass is 200 g/mol.